The lowest BCUT2D eigenvalue weighted by Gasteiger charge is -2.31. The second-order valence-corrected chi connectivity index (χ2v) is 5.03. The number of aliphatic carboxylic acids is 1. The molecule has 2 rings (SSSR count). The molecule has 1 unspecified atom stereocenters. The van der Waals surface area contributed by atoms with E-state index in [1.807, 2.05) is 19.1 Å². The summed E-state index contributed by atoms with van der Waals surface area (Å²) in [6.07, 6.45) is 0.219. The Labute approximate surface area is 123 Å². The molecule has 0 fully saturated rings. The Bertz CT molecular complexity index is 639. The normalized spacial score (nSPS) is 13.5. The molecule has 0 saturated heterocycles. The molecule has 0 saturated carbocycles. The fourth-order valence-corrected chi connectivity index (χ4v) is 2.36. The summed E-state index contributed by atoms with van der Waals surface area (Å²) in [6.45, 7) is 3.67. The first-order valence-corrected chi connectivity index (χ1v) is 6.83. The Morgan fingerprint density at radius 2 is 1.81 bits per heavy atom. The first-order valence-electron chi connectivity index (χ1n) is 6.83. The number of aryl methyl sites for hydroxylation is 1. The molecule has 2 aromatic rings. The van der Waals surface area contributed by atoms with Crippen LogP contribution in [-0.2, 0) is 10.3 Å². The van der Waals surface area contributed by atoms with Gasteiger partial charge in [-0.3, -0.25) is 0 Å². The fraction of sp³-hybridized carbons (Fsp3) is 0.235. The number of carboxylic acid groups (broad SMARTS) is 1. The molecule has 0 spiro atoms. The molecule has 0 heterocycles. The second kappa shape index (κ2) is 5.95. The highest BCUT2D eigenvalue weighted by molar-refractivity contribution is 5.84. The van der Waals surface area contributed by atoms with E-state index in [9.17, 15) is 14.3 Å². The van der Waals surface area contributed by atoms with Gasteiger partial charge in [-0.25, -0.2) is 9.18 Å². The van der Waals surface area contributed by atoms with Gasteiger partial charge in [0.15, 0.2) is 5.54 Å². The minimum Gasteiger partial charge on any atom is -0.479 e. The van der Waals surface area contributed by atoms with Crippen LogP contribution in [0.4, 0.5) is 10.1 Å². The zero-order valence-electron chi connectivity index (χ0n) is 12.1. The number of carboxylic acids is 1. The third-order valence-corrected chi connectivity index (χ3v) is 3.64. The molecule has 0 aromatic heterocycles. The van der Waals surface area contributed by atoms with Gasteiger partial charge in [-0.15, -0.1) is 0 Å². The van der Waals surface area contributed by atoms with Gasteiger partial charge in [-0.05, 0) is 31.5 Å². The van der Waals surface area contributed by atoms with Crippen molar-refractivity contribution in [2.45, 2.75) is 25.8 Å². The fourth-order valence-electron chi connectivity index (χ4n) is 2.36. The summed E-state index contributed by atoms with van der Waals surface area (Å²) >= 11 is 0. The van der Waals surface area contributed by atoms with Crippen molar-refractivity contribution in [2.24, 2.45) is 0 Å². The van der Waals surface area contributed by atoms with Crippen molar-refractivity contribution >= 4 is 11.7 Å². The summed E-state index contributed by atoms with van der Waals surface area (Å²) in [5.41, 5.74) is 0.373. The number of hydrogen-bond donors (Lipinski definition) is 2. The standard InChI is InChI=1S/C17H18FNO2/c1-3-17(16(20)21,14-6-4-5-7-15(14)18)19-13-10-8-12(2)9-11-13/h4-11,19H,3H2,1-2H3,(H,20,21). The van der Waals surface area contributed by atoms with Gasteiger partial charge < -0.3 is 10.4 Å². The van der Waals surface area contributed by atoms with Gasteiger partial charge in [0.1, 0.15) is 5.82 Å². The average Bonchev–Trinajstić information content (AvgIpc) is 2.47. The van der Waals surface area contributed by atoms with E-state index < -0.39 is 17.3 Å². The Kier molecular flexibility index (Phi) is 4.26. The first kappa shape index (κ1) is 15.0. The van der Waals surface area contributed by atoms with Gasteiger partial charge in [-0.1, -0.05) is 42.8 Å². The maximum atomic E-state index is 14.1. The van der Waals surface area contributed by atoms with Crippen molar-refractivity contribution in [1.82, 2.24) is 0 Å². The molecule has 0 aliphatic heterocycles. The Morgan fingerprint density at radius 3 is 2.33 bits per heavy atom. The van der Waals surface area contributed by atoms with Crippen LogP contribution in [0.1, 0.15) is 24.5 Å². The molecule has 3 nitrogen and oxygen atoms in total. The summed E-state index contributed by atoms with van der Waals surface area (Å²) in [7, 11) is 0. The average molecular weight is 287 g/mol. The van der Waals surface area contributed by atoms with Gasteiger partial charge >= 0.3 is 5.97 Å². The predicted octanol–water partition coefficient (Wildman–Crippen LogP) is 3.94. The number of nitrogens with one attached hydrogen (secondary N) is 1. The van der Waals surface area contributed by atoms with Crippen LogP contribution in [-0.4, -0.2) is 11.1 Å². The van der Waals surface area contributed by atoms with Crippen LogP contribution in [0.5, 0.6) is 0 Å². The van der Waals surface area contributed by atoms with Gasteiger partial charge in [0, 0.05) is 11.3 Å². The number of rotatable bonds is 5. The Morgan fingerprint density at radius 1 is 1.19 bits per heavy atom. The van der Waals surface area contributed by atoms with E-state index in [2.05, 4.69) is 5.32 Å². The molecule has 4 heteroatoms. The lowest BCUT2D eigenvalue weighted by Crippen LogP contribution is -2.43. The molecule has 2 aromatic carbocycles. The van der Waals surface area contributed by atoms with Crippen molar-refractivity contribution in [3.8, 4) is 0 Å². The molecule has 21 heavy (non-hydrogen) atoms. The van der Waals surface area contributed by atoms with Crippen molar-refractivity contribution in [3.63, 3.8) is 0 Å². The maximum Gasteiger partial charge on any atom is 0.334 e. The molecular formula is C17H18FNO2. The van der Waals surface area contributed by atoms with E-state index in [4.69, 9.17) is 0 Å². The highest BCUT2D eigenvalue weighted by atomic mass is 19.1. The van der Waals surface area contributed by atoms with Crippen molar-refractivity contribution in [1.29, 1.82) is 0 Å². The third kappa shape index (κ3) is 2.89. The molecule has 110 valence electrons. The summed E-state index contributed by atoms with van der Waals surface area (Å²) in [5, 5.41) is 12.7. The first-order chi connectivity index (χ1) is 9.99. The zero-order valence-corrected chi connectivity index (χ0v) is 12.1. The Balaban J connectivity index is 2.50. The van der Waals surface area contributed by atoms with E-state index in [-0.39, 0.29) is 12.0 Å². The van der Waals surface area contributed by atoms with Crippen molar-refractivity contribution in [2.75, 3.05) is 5.32 Å². The lowest BCUT2D eigenvalue weighted by atomic mass is 9.86. The number of benzene rings is 2. The van der Waals surface area contributed by atoms with Crippen molar-refractivity contribution in [3.05, 3.63) is 65.5 Å². The zero-order chi connectivity index (χ0) is 15.5. The second-order valence-electron chi connectivity index (χ2n) is 5.03. The SMILES string of the molecule is CCC(Nc1ccc(C)cc1)(C(=O)O)c1ccccc1F. The Hall–Kier alpha value is -2.36. The van der Waals surface area contributed by atoms with Crippen molar-refractivity contribution < 1.29 is 14.3 Å². The van der Waals surface area contributed by atoms with E-state index in [1.54, 1.807) is 31.2 Å². The summed E-state index contributed by atoms with van der Waals surface area (Å²) < 4.78 is 14.1. The lowest BCUT2D eigenvalue weighted by molar-refractivity contribution is -0.143. The molecular weight excluding hydrogens is 269 g/mol. The highest BCUT2D eigenvalue weighted by Crippen LogP contribution is 2.32. The molecule has 1 atom stereocenters. The van der Waals surface area contributed by atoms with E-state index in [0.29, 0.717) is 5.69 Å². The number of hydrogen-bond acceptors (Lipinski definition) is 2. The van der Waals surface area contributed by atoms with Crippen LogP contribution >= 0.6 is 0 Å². The quantitative estimate of drug-likeness (QED) is 0.875. The molecule has 2 N–H and O–H groups in total. The highest BCUT2D eigenvalue weighted by Gasteiger charge is 2.40. The van der Waals surface area contributed by atoms with E-state index in [0.717, 1.165) is 5.56 Å². The minimum atomic E-state index is -1.49. The van der Waals surface area contributed by atoms with Crippen LogP contribution in [0.3, 0.4) is 0 Å². The largest absolute Gasteiger partial charge is 0.479 e. The summed E-state index contributed by atoms with van der Waals surface area (Å²) in [6, 6.07) is 13.3. The van der Waals surface area contributed by atoms with Gasteiger partial charge in [0.2, 0.25) is 0 Å². The van der Waals surface area contributed by atoms with Crippen LogP contribution < -0.4 is 5.32 Å². The number of anilines is 1. The van der Waals surface area contributed by atoms with Gasteiger partial charge in [0.25, 0.3) is 0 Å². The molecule has 0 radical (unpaired) electrons. The molecule has 0 aliphatic carbocycles. The van der Waals surface area contributed by atoms with Crippen LogP contribution in [0.2, 0.25) is 0 Å². The summed E-state index contributed by atoms with van der Waals surface area (Å²) in [5.74, 6) is -1.63. The molecule has 0 bridgehead atoms. The topological polar surface area (TPSA) is 49.3 Å². The maximum absolute atomic E-state index is 14.1. The van der Waals surface area contributed by atoms with Crippen LogP contribution in [0, 0.1) is 12.7 Å². The third-order valence-electron chi connectivity index (χ3n) is 3.64. The van der Waals surface area contributed by atoms with Gasteiger partial charge in [0.05, 0.1) is 0 Å². The van der Waals surface area contributed by atoms with Crippen LogP contribution in [0.25, 0.3) is 0 Å². The smallest absolute Gasteiger partial charge is 0.334 e. The number of carbonyl (C=O) groups is 1. The van der Waals surface area contributed by atoms with E-state index in [1.165, 1.54) is 12.1 Å². The molecule has 0 aliphatic rings. The number of halogens is 1. The van der Waals surface area contributed by atoms with E-state index >= 15 is 0 Å². The van der Waals surface area contributed by atoms with Gasteiger partial charge in [-0.2, -0.15) is 0 Å². The minimum absolute atomic E-state index is 0.139. The molecule has 0 amide bonds. The van der Waals surface area contributed by atoms with Crippen LogP contribution in [0.15, 0.2) is 48.5 Å². The predicted molar refractivity (Wildman–Crippen MR) is 80.8 cm³/mol. The monoisotopic (exact) mass is 287 g/mol. The summed E-state index contributed by atoms with van der Waals surface area (Å²) in [4.78, 5) is 11.8.